The zero-order valence-corrected chi connectivity index (χ0v) is 14.3. The van der Waals surface area contributed by atoms with Crippen molar-refractivity contribution in [1.29, 1.82) is 0 Å². The first-order valence-electron chi connectivity index (χ1n) is 9.10. The van der Waals surface area contributed by atoms with Gasteiger partial charge in [0.1, 0.15) is 5.92 Å². The fourth-order valence-electron chi connectivity index (χ4n) is 7.73. The van der Waals surface area contributed by atoms with Crippen LogP contribution in [0, 0.1) is 45.8 Å². The Morgan fingerprint density at radius 2 is 1.70 bits per heavy atom. The van der Waals surface area contributed by atoms with Crippen LogP contribution < -0.4 is 0 Å². The van der Waals surface area contributed by atoms with Crippen LogP contribution in [0.1, 0.15) is 79.6 Å². The second-order valence-electron chi connectivity index (χ2n) is 10.1. The van der Waals surface area contributed by atoms with Crippen molar-refractivity contribution < 1.29 is 0 Å². The summed E-state index contributed by atoms with van der Waals surface area (Å²) in [5, 5.41) is 0. The van der Waals surface area contributed by atoms with Gasteiger partial charge in [-0.25, -0.2) is 0 Å². The van der Waals surface area contributed by atoms with Crippen molar-refractivity contribution in [2.75, 3.05) is 0 Å². The molecular weight excluding hydrogens is 240 g/mol. The molecule has 0 aliphatic heterocycles. The van der Waals surface area contributed by atoms with E-state index in [1.807, 2.05) is 5.92 Å². The minimum Gasteiger partial charge on any atom is -0.0596 e. The topological polar surface area (TPSA) is 0 Å². The van der Waals surface area contributed by atoms with E-state index in [0.29, 0.717) is 16.2 Å². The lowest BCUT2D eigenvalue weighted by molar-refractivity contribution is -0.0222. The van der Waals surface area contributed by atoms with Gasteiger partial charge in [0, 0.05) is 5.41 Å². The minimum atomic E-state index is 0.599. The maximum atomic E-state index is 2.66. The lowest BCUT2D eigenvalue weighted by Gasteiger charge is -2.49. The standard InChI is InChI=1S/C20H33/c1-13-6-7-14-16(20(5)9-8-15(13)20)12-19(4)11-10-18(2,3)17(14)19/h14-17H,6-12H2,1-5H3/q+1/t14-,15+,16-,17-,19-,20-/m1/s1. The Balaban J connectivity index is 1.74. The van der Waals surface area contributed by atoms with Crippen molar-refractivity contribution >= 4 is 0 Å². The maximum Gasteiger partial charge on any atom is 0.105 e. The van der Waals surface area contributed by atoms with E-state index in [1.165, 1.54) is 38.5 Å². The molecule has 0 N–H and O–H groups in total. The van der Waals surface area contributed by atoms with Gasteiger partial charge in [-0.2, -0.15) is 0 Å². The predicted molar refractivity (Wildman–Crippen MR) is 85.2 cm³/mol. The van der Waals surface area contributed by atoms with Crippen LogP contribution in [0.4, 0.5) is 0 Å². The summed E-state index contributed by atoms with van der Waals surface area (Å²) in [6, 6.07) is 0. The average Bonchev–Trinajstić information content (AvgIpc) is 2.75. The first-order valence-corrected chi connectivity index (χ1v) is 9.10. The van der Waals surface area contributed by atoms with Crippen molar-refractivity contribution in [3.63, 3.8) is 0 Å². The molecule has 0 aromatic carbocycles. The van der Waals surface area contributed by atoms with Gasteiger partial charge in [0.25, 0.3) is 0 Å². The monoisotopic (exact) mass is 273 g/mol. The summed E-state index contributed by atoms with van der Waals surface area (Å²) >= 11 is 0. The normalized spacial score (nSPS) is 56.5. The second-order valence-corrected chi connectivity index (χ2v) is 10.1. The molecule has 4 saturated carbocycles. The number of fused-ring (bicyclic) bond motifs is 5. The lowest BCUT2D eigenvalue weighted by Crippen LogP contribution is -2.46. The van der Waals surface area contributed by atoms with Gasteiger partial charge >= 0.3 is 0 Å². The van der Waals surface area contributed by atoms with Gasteiger partial charge in [-0.15, -0.1) is 0 Å². The SMILES string of the molecule is C[C+]1CC[C@H]2[C@@H]3C(C)(C)CC[C@]3(C)C[C@H]2[C@]2(C)CC[C@@H]12. The van der Waals surface area contributed by atoms with E-state index >= 15 is 0 Å². The zero-order chi connectivity index (χ0) is 14.3. The van der Waals surface area contributed by atoms with Crippen molar-refractivity contribution in [1.82, 2.24) is 0 Å². The molecule has 0 heteroatoms. The summed E-state index contributed by atoms with van der Waals surface area (Å²) in [4.78, 5) is 0. The summed E-state index contributed by atoms with van der Waals surface area (Å²) in [7, 11) is 0. The smallest absolute Gasteiger partial charge is 0.0596 e. The second kappa shape index (κ2) is 3.79. The maximum absolute atomic E-state index is 2.66. The molecule has 0 bridgehead atoms. The predicted octanol–water partition coefficient (Wildman–Crippen LogP) is 5.87. The van der Waals surface area contributed by atoms with Crippen LogP contribution >= 0.6 is 0 Å². The molecule has 0 saturated heterocycles. The summed E-state index contributed by atoms with van der Waals surface area (Å²) in [5.74, 6) is 5.90. The van der Waals surface area contributed by atoms with Gasteiger partial charge in [-0.05, 0) is 67.1 Å². The molecule has 20 heavy (non-hydrogen) atoms. The van der Waals surface area contributed by atoms with Crippen LogP contribution in [-0.2, 0) is 0 Å². The van der Waals surface area contributed by atoms with Gasteiger partial charge in [0.2, 0.25) is 0 Å². The highest BCUT2D eigenvalue weighted by molar-refractivity contribution is 5.19. The summed E-state index contributed by atoms with van der Waals surface area (Å²) in [5.41, 5.74) is 1.95. The Morgan fingerprint density at radius 1 is 0.950 bits per heavy atom. The van der Waals surface area contributed by atoms with Crippen LogP contribution in [0.2, 0.25) is 0 Å². The Morgan fingerprint density at radius 3 is 2.35 bits per heavy atom. The van der Waals surface area contributed by atoms with Crippen molar-refractivity contribution in [3.05, 3.63) is 5.92 Å². The van der Waals surface area contributed by atoms with E-state index in [-0.39, 0.29) is 0 Å². The lowest BCUT2D eigenvalue weighted by atomic mass is 9.51. The fraction of sp³-hybridized carbons (Fsp3) is 0.950. The van der Waals surface area contributed by atoms with Crippen LogP contribution in [0.25, 0.3) is 0 Å². The molecule has 0 nitrogen and oxygen atoms in total. The highest BCUT2D eigenvalue weighted by Gasteiger charge is 2.68. The van der Waals surface area contributed by atoms with E-state index in [4.69, 9.17) is 0 Å². The summed E-state index contributed by atoms with van der Waals surface area (Å²) in [6.45, 7) is 12.9. The molecule has 4 rings (SSSR count). The largest absolute Gasteiger partial charge is 0.105 e. The number of hydrogen-bond donors (Lipinski definition) is 0. The molecule has 0 aromatic heterocycles. The molecule has 0 aromatic rings. The molecule has 0 spiro atoms. The van der Waals surface area contributed by atoms with E-state index in [1.54, 1.807) is 6.42 Å². The van der Waals surface area contributed by atoms with E-state index < -0.39 is 0 Å². The molecule has 0 radical (unpaired) electrons. The average molecular weight is 273 g/mol. The van der Waals surface area contributed by atoms with E-state index in [2.05, 4.69) is 34.6 Å². The van der Waals surface area contributed by atoms with Crippen LogP contribution in [0.3, 0.4) is 0 Å². The summed E-state index contributed by atoms with van der Waals surface area (Å²) < 4.78 is 0. The molecule has 4 fully saturated rings. The quantitative estimate of drug-likeness (QED) is 0.484. The van der Waals surface area contributed by atoms with Crippen LogP contribution in [-0.4, -0.2) is 0 Å². The van der Waals surface area contributed by atoms with Gasteiger partial charge < -0.3 is 0 Å². The van der Waals surface area contributed by atoms with Crippen molar-refractivity contribution in [3.8, 4) is 0 Å². The Hall–Kier alpha value is -0.130. The Labute approximate surface area is 126 Å². The van der Waals surface area contributed by atoms with Crippen LogP contribution in [0.5, 0.6) is 0 Å². The highest BCUT2D eigenvalue weighted by Crippen LogP contribution is 2.74. The molecular formula is C20H33+. The molecule has 0 unspecified atom stereocenters. The third-order valence-electron chi connectivity index (χ3n) is 8.65. The minimum absolute atomic E-state index is 0.599. The van der Waals surface area contributed by atoms with Crippen molar-refractivity contribution in [2.24, 2.45) is 39.9 Å². The number of hydrogen-bond acceptors (Lipinski definition) is 0. The first-order chi connectivity index (χ1) is 9.28. The van der Waals surface area contributed by atoms with Gasteiger partial charge in [0.05, 0.1) is 19.3 Å². The third kappa shape index (κ3) is 1.47. The zero-order valence-electron chi connectivity index (χ0n) is 14.3. The molecule has 4 aliphatic rings. The Kier molecular flexibility index (Phi) is 2.56. The van der Waals surface area contributed by atoms with E-state index in [9.17, 15) is 0 Å². The summed E-state index contributed by atoms with van der Waals surface area (Å²) in [6.07, 6.45) is 10.5. The van der Waals surface area contributed by atoms with Crippen molar-refractivity contribution in [2.45, 2.75) is 79.6 Å². The molecule has 6 atom stereocenters. The highest BCUT2D eigenvalue weighted by atomic mass is 14.7. The first kappa shape index (κ1) is 13.5. The van der Waals surface area contributed by atoms with Gasteiger partial charge in [0.15, 0.2) is 0 Å². The van der Waals surface area contributed by atoms with Gasteiger partial charge in [-0.3, -0.25) is 0 Å². The number of rotatable bonds is 0. The van der Waals surface area contributed by atoms with E-state index in [0.717, 1.165) is 23.7 Å². The molecule has 4 aliphatic carbocycles. The van der Waals surface area contributed by atoms with Crippen LogP contribution in [0.15, 0.2) is 0 Å². The molecule has 0 amide bonds. The fourth-order valence-corrected chi connectivity index (χ4v) is 7.73. The molecule has 112 valence electrons. The molecule has 0 heterocycles. The van der Waals surface area contributed by atoms with Gasteiger partial charge in [-0.1, -0.05) is 27.7 Å². The Bertz CT molecular complexity index is 422. The third-order valence-corrected chi connectivity index (χ3v) is 8.65.